The van der Waals surface area contributed by atoms with Crippen LogP contribution in [0.15, 0.2) is 194 Å². The first kappa shape index (κ1) is 83.0. The molecule has 0 spiro atoms. The Balaban J connectivity index is 0.000000255. The number of hydrogen-bond acceptors (Lipinski definition) is 22. The smallest absolute Gasteiger partial charge is 0.390 e. The molecule has 0 fully saturated rings. The number of esters is 10. The number of ether oxygens (including phenoxy) is 12. The van der Waals surface area contributed by atoms with Gasteiger partial charge < -0.3 is 56.8 Å². The van der Waals surface area contributed by atoms with Gasteiger partial charge in [0.25, 0.3) is 0 Å². The van der Waals surface area contributed by atoms with Crippen LogP contribution in [0.3, 0.4) is 0 Å². The Labute approximate surface area is 614 Å². The molecule has 22 heteroatoms. The van der Waals surface area contributed by atoms with E-state index in [0.717, 1.165) is 62.5 Å². The zero-order valence-corrected chi connectivity index (χ0v) is 59.5. The molecule has 0 aliphatic carbocycles. The van der Waals surface area contributed by atoms with Gasteiger partial charge in [0.2, 0.25) is 0 Å². The molecule has 0 radical (unpaired) electrons. The van der Waals surface area contributed by atoms with Gasteiger partial charge in [0.15, 0.2) is 0 Å². The summed E-state index contributed by atoms with van der Waals surface area (Å²) >= 11 is 0. The minimum atomic E-state index is -0.978. The first-order chi connectivity index (χ1) is 51.2. The highest BCUT2D eigenvalue weighted by atomic mass is 16.6. The van der Waals surface area contributed by atoms with Crippen molar-refractivity contribution in [2.45, 2.75) is 92.9 Å². The van der Waals surface area contributed by atoms with Gasteiger partial charge in [-0.15, -0.1) is 0 Å². The molecule has 0 N–H and O–H groups in total. The van der Waals surface area contributed by atoms with Crippen molar-refractivity contribution in [2.24, 2.45) is 0 Å². The maximum Gasteiger partial charge on any atom is 0.390 e. The third-order valence-electron chi connectivity index (χ3n) is 13.7. The Morgan fingerprint density at radius 2 is 0.425 bits per heavy atom. The topological polar surface area (TPSA) is 281 Å². The van der Waals surface area contributed by atoms with E-state index in [1.165, 1.54) is 73.9 Å². The van der Waals surface area contributed by atoms with E-state index < -0.39 is 59.7 Å². The Morgan fingerprint density at radius 3 is 0.604 bits per heavy atom. The summed E-state index contributed by atoms with van der Waals surface area (Å²) in [6.07, 6.45) is 8.29. The summed E-state index contributed by atoms with van der Waals surface area (Å²) in [6.45, 7) is 12.2. The van der Waals surface area contributed by atoms with Crippen molar-refractivity contribution in [3.8, 4) is 105 Å². The molecule has 0 saturated heterocycles. The third kappa shape index (κ3) is 32.7. The predicted molar refractivity (Wildman–Crippen MR) is 389 cm³/mol. The lowest BCUT2D eigenvalue weighted by molar-refractivity contribution is -0.130. The van der Waals surface area contributed by atoms with E-state index in [1.807, 2.05) is 74.2 Å². The van der Waals surface area contributed by atoms with Gasteiger partial charge in [-0.25, -0.2) is 47.9 Å². The van der Waals surface area contributed by atoms with Gasteiger partial charge in [-0.05, 0) is 220 Å². The molecular formula is C84H76O22. The molecule has 8 aromatic rings. The number of benzene rings is 8. The van der Waals surface area contributed by atoms with Gasteiger partial charge in [-0.3, -0.25) is 0 Å². The molecule has 106 heavy (non-hydrogen) atoms. The maximum atomic E-state index is 11.8. The van der Waals surface area contributed by atoms with Crippen LogP contribution >= 0.6 is 0 Å². The second kappa shape index (κ2) is 46.7. The predicted octanol–water partition coefficient (Wildman–Crippen LogP) is 13.0. The highest BCUT2D eigenvalue weighted by Crippen LogP contribution is 2.22. The van der Waals surface area contributed by atoms with Crippen LogP contribution in [0, 0.1) is 47.4 Å². The summed E-state index contributed by atoms with van der Waals surface area (Å²) in [5, 5.41) is 0. The largest absolute Gasteiger partial charge is 0.497 e. The normalized spacial score (nSPS) is 9.58. The van der Waals surface area contributed by atoms with Crippen LogP contribution in [-0.4, -0.2) is 87.1 Å². The molecule has 0 aromatic heterocycles. The van der Waals surface area contributed by atoms with Gasteiger partial charge in [-0.2, -0.15) is 0 Å². The number of carbonyl (C=O) groups excluding carboxylic acids is 10. The molecule has 544 valence electrons. The SMILES string of the molecule is CCCCc1ccc(OC(=O)C#CC(=O)Oc2ccc(CCCC)cc2)cc1.CCOC(=O)c1ccc(OC(=O)C#CC(=O)Oc2ccc(C(=O)OCC)cc2)cc1.CCc1ccc(OC(=O)C#CC(=O)Oc2ccc(CC)cc2)cc1.COc1ccc(OC(=O)C#CC(=O)Oc2ccc(OC)cc2)cc1. The van der Waals surface area contributed by atoms with Crippen LogP contribution in [0.4, 0.5) is 0 Å². The summed E-state index contributed by atoms with van der Waals surface area (Å²) in [7, 11) is 3.06. The maximum absolute atomic E-state index is 11.8. The Bertz CT molecular complexity index is 4080. The number of rotatable bonds is 22. The van der Waals surface area contributed by atoms with E-state index >= 15 is 0 Å². The molecule has 0 bridgehead atoms. The van der Waals surface area contributed by atoms with E-state index in [2.05, 4.69) is 49.4 Å². The minimum absolute atomic E-state index is 0.144. The molecular weight excluding hydrogens is 1360 g/mol. The summed E-state index contributed by atoms with van der Waals surface area (Å²) in [6, 6.07) is 52.8. The minimum Gasteiger partial charge on any atom is -0.497 e. The fourth-order valence-electron chi connectivity index (χ4n) is 8.30. The number of carbonyl (C=O) groups is 10. The quantitative estimate of drug-likeness (QED) is 0.0264. The van der Waals surface area contributed by atoms with Gasteiger partial charge >= 0.3 is 59.7 Å². The van der Waals surface area contributed by atoms with Crippen molar-refractivity contribution in [2.75, 3.05) is 27.4 Å². The summed E-state index contributed by atoms with van der Waals surface area (Å²) < 4.78 is 59.7. The Morgan fingerprint density at radius 1 is 0.245 bits per heavy atom. The lowest BCUT2D eigenvalue weighted by atomic mass is 10.1. The van der Waals surface area contributed by atoms with Crippen molar-refractivity contribution in [1.29, 1.82) is 0 Å². The molecule has 0 unspecified atom stereocenters. The summed E-state index contributed by atoms with van der Waals surface area (Å²) in [5.41, 5.74) is 5.27. The fraction of sp³-hybridized carbons (Fsp3) is 0.214. The molecule has 22 nitrogen and oxygen atoms in total. The number of aryl methyl sites for hydroxylation is 4. The summed E-state index contributed by atoms with van der Waals surface area (Å²) in [5.74, 6) is 12.5. The zero-order valence-electron chi connectivity index (χ0n) is 59.5. The number of hydrogen-bond donors (Lipinski definition) is 0. The highest BCUT2D eigenvalue weighted by molar-refractivity contribution is 6.02. The van der Waals surface area contributed by atoms with Crippen molar-refractivity contribution in [1.82, 2.24) is 0 Å². The second-order valence-corrected chi connectivity index (χ2v) is 21.4. The van der Waals surface area contributed by atoms with Crippen LogP contribution in [0.5, 0.6) is 57.5 Å². The van der Waals surface area contributed by atoms with E-state index in [9.17, 15) is 47.9 Å². The van der Waals surface area contributed by atoms with Crippen LogP contribution in [0.25, 0.3) is 0 Å². The molecule has 0 aliphatic rings. The van der Waals surface area contributed by atoms with Gasteiger partial charge in [0.05, 0.1) is 38.6 Å². The molecule has 8 rings (SSSR count). The van der Waals surface area contributed by atoms with Crippen LogP contribution < -0.4 is 47.4 Å². The van der Waals surface area contributed by atoms with Crippen LogP contribution in [-0.2, 0) is 73.5 Å². The lowest BCUT2D eigenvalue weighted by Gasteiger charge is -2.03. The molecule has 0 atom stereocenters. The fourth-order valence-corrected chi connectivity index (χ4v) is 8.30. The van der Waals surface area contributed by atoms with Crippen molar-refractivity contribution >= 4 is 59.7 Å². The standard InChI is InChI=1S/C24H26O4.C22H18O8.C20H18O4.C18H14O6/c1-3-5-7-19-9-13-21(14-10-19)27-23(25)17-18-24(26)28-22-15-11-20(12-16-22)8-6-4-2;1-3-27-21(25)15-5-9-17(10-6-15)29-19(23)13-14-20(24)30-18-11-7-16(8-12-18)22(26)28-4-2;1-3-15-5-9-17(10-6-15)23-19(21)13-14-20(22)24-18-11-7-16(4-2)8-12-18;1-21-13-3-7-15(8-4-13)23-17(19)11-12-18(20)24-16-9-5-14(22-2)6-10-16/h9-16H,3-8H2,1-2H3;5-12H,3-4H2,1-2H3;5-12H,3-4H2,1-2H3;3-10H,1-2H3. The molecule has 0 amide bonds. The van der Waals surface area contributed by atoms with Gasteiger partial charge in [-0.1, -0.05) is 89.1 Å². The average Bonchev–Trinajstić information content (AvgIpc) is 0.908. The van der Waals surface area contributed by atoms with Gasteiger partial charge in [0, 0.05) is 47.4 Å². The Hall–Kier alpha value is -13.7. The van der Waals surface area contributed by atoms with E-state index in [0.29, 0.717) is 57.1 Å². The Kier molecular flexibility index (Phi) is 36.5. The zero-order chi connectivity index (χ0) is 76.9. The van der Waals surface area contributed by atoms with Crippen molar-refractivity contribution in [3.63, 3.8) is 0 Å². The van der Waals surface area contributed by atoms with E-state index in [4.69, 9.17) is 56.8 Å². The highest BCUT2D eigenvalue weighted by Gasteiger charge is 2.13. The first-order valence-corrected chi connectivity index (χ1v) is 33.2. The van der Waals surface area contributed by atoms with Crippen molar-refractivity contribution < 1.29 is 105 Å². The first-order valence-electron chi connectivity index (χ1n) is 33.2. The average molecular weight is 1440 g/mol. The lowest BCUT2D eigenvalue weighted by Crippen LogP contribution is -2.09. The van der Waals surface area contributed by atoms with E-state index in [-0.39, 0.29) is 24.7 Å². The molecule has 0 saturated carbocycles. The third-order valence-corrected chi connectivity index (χ3v) is 13.7. The number of unbranched alkanes of at least 4 members (excludes halogenated alkanes) is 2. The van der Waals surface area contributed by atoms with Crippen LogP contribution in [0.1, 0.15) is 110 Å². The monoisotopic (exact) mass is 1440 g/mol. The van der Waals surface area contributed by atoms with Crippen molar-refractivity contribution in [3.05, 3.63) is 228 Å². The second-order valence-electron chi connectivity index (χ2n) is 21.4. The molecule has 0 aliphatic heterocycles. The molecule has 8 aromatic carbocycles. The van der Waals surface area contributed by atoms with E-state index in [1.54, 1.807) is 111 Å². The van der Waals surface area contributed by atoms with Crippen LogP contribution in [0.2, 0.25) is 0 Å². The summed E-state index contributed by atoms with van der Waals surface area (Å²) in [4.78, 5) is 116. The van der Waals surface area contributed by atoms with Gasteiger partial charge in [0.1, 0.15) is 57.5 Å². The molecule has 0 heterocycles. The number of methoxy groups -OCH3 is 2.